The summed E-state index contributed by atoms with van der Waals surface area (Å²) in [6.45, 7) is 1.53. The van der Waals surface area contributed by atoms with E-state index in [1.807, 2.05) is 0 Å². The van der Waals surface area contributed by atoms with Gasteiger partial charge in [0.25, 0.3) is 11.8 Å². The number of carbonyl (C=O) groups is 4. The number of urea groups is 1. The highest BCUT2D eigenvalue weighted by molar-refractivity contribution is 6.08. The molecule has 2 heterocycles. The molecule has 146 valence electrons. The minimum atomic E-state index is -0.934. The highest BCUT2D eigenvalue weighted by Gasteiger charge is 2.52. The molecule has 1 saturated carbocycles. The lowest BCUT2D eigenvalue weighted by atomic mass is 9.77. The first-order valence-corrected chi connectivity index (χ1v) is 9.04. The fraction of sp³-hybridized carbons (Fsp3) is 0.556. The van der Waals surface area contributed by atoms with Crippen LogP contribution in [0.25, 0.3) is 0 Å². The van der Waals surface area contributed by atoms with E-state index in [9.17, 15) is 19.2 Å². The van der Waals surface area contributed by atoms with E-state index < -0.39 is 36.0 Å². The molecule has 9 nitrogen and oxygen atoms in total. The molecule has 2 fully saturated rings. The van der Waals surface area contributed by atoms with E-state index in [1.165, 1.54) is 6.26 Å². The lowest BCUT2D eigenvalue weighted by Gasteiger charge is -2.33. The monoisotopic (exact) mass is 377 g/mol. The quantitative estimate of drug-likeness (QED) is 0.570. The molecule has 9 heteroatoms. The van der Waals surface area contributed by atoms with Crippen molar-refractivity contribution in [2.45, 2.75) is 51.0 Å². The van der Waals surface area contributed by atoms with Crippen molar-refractivity contribution in [2.24, 2.45) is 5.92 Å². The Balaban J connectivity index is 1.45. The van der Waals surface area contributed by atoms with Crippen LogP contribution in [-0.4, -0.2) is 41.0 Å². The lowest BCUT2D eigenvalue weighted by molar-refractivity contribution is -0.150. The maximum absolute atomic E-state index is 12.6. The second-order valence-corrected chi connectivity index (χ2v) is 7.11. The molecule has 1 aliphatic heterocycles. The predicted molar refractivity (Wildman–Crippen MR) is 91.9 cm³/mol. The summed E-state index contributed by atoms with van der Waals surface area (Å²) in [5.74, 6) is -0.633. The average molecular weight is 377 g/mol. The predicted octanol–water partition coefficient (Wildman–Crippen LogP) is 1.29. The van der Waals surface area contributed by atoms with Gasteiger partial charge in [0.05, 0.1) is 12.7 Å². The summed E-state index contributed by atoms with van der Waals surface area (Å²) >= 11 is 0. The molecule has 1 aromatic rings. The standard InChI is InChI=1S/C18H23N3O6/c1-12-6-8-18(9-7-12)16(24)21(17(25)19-18)20-14(22)11-27-15(23)5-4-13-3-2-10-26-13/h2-3,10,12H,4-9,11H2,1H3,(H,19,25)(H,20,22). The van der Waals surface area contributed by atoms with Crippen molar-refractivity contribution in [1.82, 2.24) is 15.8 Å². The van der Waals surface area contributed by atoms with E-state index in [1.54, 1.807) is 12.1 Å². The van der Waals surface area contributed by atoms with Crippen LogP contribution in [0.2, 0.25) is 0 Å². The third-order valence-electron chi connectivity index (χ3n) is 5.05. The van der Waals surface area contributed by atoms with Crippen molar-refractivity contribution < 1.29 is 28.3 Å². The second-order valence-electron chi connectivity index (χ2n) is 7.11. The van der Waals surface area contributed by atoms with Crippen molar-refractivity contribution in [3.63, 3.8) is 0 Å². The van der Waals surface area contributed by atoms with Crippen LogP contribution in [0.15, 0.2) is 22.8 Å². The number of hydrogen-bond acceptors (Lipinski definition) is 6. The van der Waals surface area contributed by atoms with Gasteiger partial charge in [-0.25, -0.2) is 4.79 Å². The molecule has 3 rings (SSSR count). The van der Waals surface area contributed by atoms with E-state index in [4.69, 9.17) is 9.15 Å². The summed E-state index contributed by atoms with van der Waals surface area (Å²) in [6.07, 6.45) is 4.69. The zero-order valence-corrected chi connectivity index (χ0v) is 15.2. The van der Waals surface area contributed by atoms with Crippen molar-refractivity contribution in [1.29, 1.82) is 0 Å². The number of hydrogen-bond donors (Lipinski definition) is 2. The number of imide groups is 1. The number of hydrazine groups is 1. The van der Waals surface area contributed by atoms with Crippen LogP contribution in [0.1, 0.15) is 44.8 Å². The Morgan fingerprint density at radius 1 is 1.37 bits per heavy atom. The number of nitrogens with one attached hydrogen (secondary N) is 2. The van der Waals surface area contributed by atoms with Crippen molar-refractivity contribution in [3.8, 4) is 0 Å². The Kier molecular flexibility index (Phi) is 5.48. The molecule has 27 heavy (non-hydrogen) atoms. The van der Waals surface area contributed by atoms with Gasteiger partial charge in [0.15, 0.2) is 6.61 Å². The van der Waals surface area contributed by atoms with Crippen LogP contribution in [0, 0.1) is 5.92 Å². The van der Waals surface area contributed by atoms with Gasteiger partial charge in [-0.05, 0) is 43.7 Å². The van der Waals surface area contributed by atoms with Crippen LogP contribution >= 0.6 is 0 Å². The molecule has 2 aliphatic rings. The van der Waals surface area contributed by atoms with Crippen molar-refractivity contribution in [2.75, 3.05) is 6.61 Å². The van der Waals surface area contributed by atoms with E-state index in [-0.39, 0.29) is 6.42 Å². The molecule has 0 radical (unpaired) electrons. The smallest absolute Gasteiger partial charge is 0.344 e. The normalized spacial score (nSPS) is 24.8. The minimum absolute atomic E-state index is 0.0607. The maximum Gasteiger partial charge on any atom is 0.344 e. The number of ether oxygens (including phenoxy) is 1. The van der Waals surface area contributed by atoms with Gasteiger partial charge >= 0.3 is 12.0 Å². The number of amides is 4. The number of aryl methyl sites for hydroxylation is 1. The van der Waals surface area contributed by atoms with Crippen LogP contribution < -0.4 is 10.7 Å². The van der Waals surface area contributed by atoms with Gasteiger partial charge in [-0.3, -0.25) is 19.8 Å². The minimum Gasteiger partial charge on any atom is -0.469 e. The molecule has 1 saturated heterocycles. The molecule has 1 aliphatic carbocycles. The fourth-order valence-corrected chi connectivity index (χ4v) is 3.37. The molecular formula is C18H23N3O6. The Labute approximate surface area is 156 Å². The summed E-state index contributed by atoms with van der Waals surface area (Å²) < 4.78 is 9.98. The van der Waals surface area contributed by atoms with Crippen LogP contribution in [0.5, 0.6) is 0 Å². The molecule has 0 bridgehead atoms. The van der Waals surface area contributed by atoms with Crippen molar-refractivity contribution in [3.05, 3.63) is 24.2 Å². The van der Waals surface area contributed by atoms with Gasteiger partial charge in [0.2, 0.25) is 0 Å². The first kappa shape index (κ1) is 18.9. The SMILES string of the molecule is CC1CCC2(CC1)NC(=O)N(NC(=O)COC(=O)CCc1ccco1)C2=O. The zero-order valence-electron chi connectivity index (χ0n) is 15.2. The number of carbonyl (C=O) groups excluding carboxylic acids is 4. The summed E-state index contributed by atoms with van der Waals surface area (Å²) in [5.41, 5.74) is 1.29. The molecule has 0 unspecified atom stereocenters. The average Bonchev–Trinajstić information content (AvgIpc) is 3.24. The van der Waals surface area contributed by atoms with Gasteiger partial charge < -0.3 is 14.5 Å². The van der Waals surface area contributed by atoms with E-state index in [2.05, 4.69) is 17.7 Å². The van der Waals surface area contributed by atoms with E-state index in [0.717, 1.165) is 12.8 Å². The Bertz CT molecular complexity index is 721. The number of rotatable bonds is 6. The molecule has 0 atom stereocenters. The summed E-state index contributed by atoms with van der Waals surface area (Å²) in [6, 6.07) is 2.79. The zero-order chi connectivity index (χ0) is 19.4. The first-order valence-electron chi connectivity index (χ1n) is 9.04. The summed E-state index contributed by atoms with van der Waals surface area (Å²) in [5, 5.41) is 3.39. The first-order chi connectivity index (χ1) is 12.9. The molecule has 1 spiro atoms. The molecule has 4 amide bonds. The highest BCUT2D eigenvalue weighted by Crippen LogP contribution is 2.35. The Morgan fingerprint density at radius 3 is 2.78 bits per heavy atom. The molecule has 1 aromatic heterocycles. The van der Waals surface area contributed by atoms with Gasteiger partial charge in [0, 0.05) is 6.42 Å². The summed E-state index contributed by atoms with van der Waals surface area (Å²) in [7, 11) is 0. The van der Waals surface area contributed by atoms with Crippen LogP contribution in [0.4, 0.5) is 4.79 Å². The second kappa shape index (κ2) is 7.81. The fourth-order valence-electron chi connectivity index (χ4n) is 3.37. The topological polar surface area (TPSA) is 118 Å². The van der Waals surface area contributed by atoms with Gasteiger partial charge in [0.1, 0.15) is 11.3 Å². The number of nitrogens with zero attached hydrogens (tertiary/aromatic N) is 1. The number of esters is 1. The van der Waals surface area contributed by atoms with Crippen molar-refractivity contribution >= 4 is 23.8 Å². The van der Waals surface area contributed by atoms with Gasteiger partial charge in [-0.1, -0.05) is 6.92 Å². The van der Waals surface area contributed by atoms with E-state index in [0.29, 0.717) is 35.9 Å². The molecule has 0 aromatic carbocycles. The van der Waals surface area contributed by atoms with Gasteiger partial charge in [-0.15, -0.1) is 0 Å². The third kappa shape index (κ3) is 4.29. The largest absolute Gasteiger partial charge is 0.469 e. The maximum atomic E-state index is 12.6. The van der Waals surface area contributed by atoms with Crippen LogP contribution in [0.3, 0.4) is 0 Å². The van der Waals surface area contributed by atoms with E-state index >= 15 is 0 Å². The highest BCUT2D eigenvalue weighted by atomic mass is 16.5. The molecular weight excluding hydrogens is 354 g/mol. The third-order valence-corrected chi connectivity index (χ3v) is 5.05. The number of furan rings is 1. The Morgan fingerprint density at radius 2 is 2.11 bits per heavy atom. The molecule has 2 N–H and O–H groups in total. The van der Waals surface area contributed by atoms with Gasteiger partial charge in [-0.2, -0.15) is 5.01 Å². The Hall–Kier alpha value is -2.84. The summed E-state index contributed by atoms with van der Waals surface area (Å²) in [4.78, 5) is 48.4. The lowest BCUT2D eigenvalue weighted by Crippen LogP contribution is -2.52. The van der Waals surface area contributed by atoms with Crippen LogP contribution in [-0.2, 0) is 25.5 Å².